The van der Waals surface area contributed by atoms with E-state index in [0.29, 0.717) is 15.7 Å². The standard InChI is InChI=1S/C16H14ClN3OS/c1-10-7-14(22-9-10)16(21)18-15-8-11(2)20(19-15)13-5-3-12(17)4-6-13/h3-9H,1-2H3,(H,18,19,21). The molecule has 2 aromatic heterocycles. The van der Waals surface area contributed by atoms with E-state index in [0.717, 1.165) is 16.9 Å². The average molecular weight is 332 g/mol. The predicted molar refractivity (Wildman–Crippen MR) is 90.3 cm³/mol. The van der Waals surface area contributed by atoms with Gasteiger partial charge in [-0.05, 0) is 55.1 Å². The maximum Gasteiger partial charge on any atom is 0.266 e. The van der Waals surface area contributed by atoms with E-state index in [1.165, 1.54) is 11.3 Å². The fourth-order valence-corrected chi connectivity index (χ4v) is 3.03. The van der Waals surface area contributed by atoms with Crippen LogP contribution in [0.25, 0.3) is 5.69 Å². The summed E-state index contributed by atoms with van der Waals surface area (Å²) >= 11 is 7.32. The van der Waals surface area contributed by atoms with Crippen LogP contribution in [0.3, 0.4) is 0 Å². The summed E-state index contributed by atoms with van der Waals surface area (Å²) in [5.41, 5.74) is 2.91. The van der Waals surface area contributed by atoms with Gasteiger partial charge >= 0.3 is 0 Å². The Hall–Kier alpha value is -2.11. The quantitative estimate of drug-likeness (QED) is 0.770. The molecule has 0 saturated carbocycles. The van der Waals surface area contributed by atoms with Gasteiger partial charge in [-0.1, -0.05) is 11.6 Å². The summed E-state index contributed by atoms with van der Waals surface area (Å²) < 4.78 is 1.77. The summed E-state index contributed by atoms with van der Waals surface area (Å²) in [5, 5.41) is 9.88. The van der Waals surface area contributed by atoms with Crippen molar-refractivity contribution in [2.24, 2.45) is 0 Å². The maximum absolute atomic E-state index is 12.2. The van der Waals surface area contributed by atoms with Crippen LogP contribution in [0.15, 0.2) is 41.8 Å². The number of rotatable bonds is 3. The normalized spacial score (nSPS) is 10.7. The number of benzene rings is 1. The molecule has 1 N–H and O–H groups in total. The molecule has 112 valence electrons. The molecule has 0 radical (unpaired) electrons. The molecular weight excluding hydrogens is 318 g/mol. The number of aromatic nitrogens is 2. The minimum atomic E-state index is -0.140. The molecule has 0 aliphatic carbocycles. The van der Waals surface area contributed by atoms with Gasteiger partial charge < -0.3 is 5.32 Å². The molecule has 1 amide bonds. The van der Waals surface area contributed by atoms with Crippen LogP contribution in [0.5, 0.6) is 0 Å². The monoisotopic (exact) mass is 331 g/mol. The fourth-order valence-electron chi connectivity index (χ4n) is 2.11. The number of hydrogen-bond donors (Lipinski definition) is 1. The first-order chi connectivity index (χ1) is 10.5. The van der Waals surface area contributed by atoms with Crippen LogP contribution in [-0.4, -0.2) is 15.7 Å². The summed E-state index contributed by atoms with van der Waals surface area (Å²) in [5.74, 6) is 0.391. The number of thiophene rings is 1. The summed E-state index contributed by atoms with van der Waals surface area (Å²) in [6.45, 7) is 3.90. The Morgan fingerprint density at radius 2 is 1.95 bits per heavy atom. The third-order valence-electron chi connectivity index (χ3n) is 3.15. The zero-order chi connectivity index (χ0) is 15.7. The van der Waals surface area contributed by atoms with Crippen LogP contribution in [0.1, 0.15) is 20.9 Å². The van der Waals surface area contributed by atoms with Crippen molar-refractivity contribution in [3.8, 4) is 5.69 Å². The highest BCUT2D eigenvalue weighted by Crippen LogP contribution is 2.19. The van der Waals surface area contributed by atoms with Crippen molar-refractivity contribution in [1.82, 2.24) is 9.78 Å². The van der Waals surface area contributed by atoms with Crippen molar-refractivity contribution in [3.05, 3.63) is 62.9 Å². The fraction of sp³-hybridized carbons (Fsp3) is 0.125. The van der Waals surface area contributed by atoms with Crippen LogP contribution < -0.4 is 5.32 Å². The lowest BCUT2D eigenvalue weighted by Gasteiger charge is -2.03. The van der Waals surface area contributed by atoms with Crippen molar-refractivity contribution >= 4 is 34.7 Å². The zero-order valence-electron chi connectivity index (χ0n) is 12.1. The Kier molecular flexibility index (Phi) is 4.00. The first-order valence-corrected chi connectivity index (χ1v) is 7.98. The molecule has 22 heavy (non-hydrogen) atoms. The van der Waals surface area contributed by atoms with Gasteiger partial charge in [-0.15, -0.1) is 16.4 Å². The highest BCUT2D eigenvalue weighted by molar-refractivity contribution is 7.12. The smallest absolute Gasteiger partial charge is 0.266 e. The van der Waals surface area contributed by atoms with Gasteiger partial charge in [0.25, 0.3) is 5.91 Å². The number of amides is 1. The first kappa shape index (κ1) is 14.8. The Labute approximate surface area is 137 Å². The Bertz CT molecular complexity index is 820. The highest BCUT2D eigenvalue weighted by Gasteiger charge is 2.12. The predicted octanol–water partition coefficient (Wildman–Crippen LogP) is 4.46. The van der Waals surface area contributed by atoms with E-state index in [2.05, 4.69) is 10.4 Å². The Morgan fingerprint density at radius 1 is 1.23 bits per heavy atom. The van der Waals surface area contributed by atoms with Crippen LogP contribution >= 0.6 is 22.9 Å². The van der Waals surface area contributed by atoms with E-state index in [1.807, 2.05) is 55.6 Å². The second kappa shape index (κ2) is 5.94. The van der Waals surface area contributed by atoms with Crippen LogP contribution in [0.4, 0.5) is 5.82 Å². The number of hydrogen-bond acceptors (Lipinski definition) is 3. The molecule has 0 fully saturated rings. The van der Waals surface area contributed by atoms with E-state index in [9.17, 15) is 4.79 Å². The topological polar surface area (TPSA) is 46.9 Å². The van der Waals surface area contributed by atoms with E-state index < -0.39 is 0 Å². The number of nitrogens with one attached hydrogen (secondary N) is 1. The molecule has 3 aromatic rings. The third-order valence-corrected chi connectivity index (χ3v) is 4.45. The third kappa shape index (κ3) is 3.05. The van der Waals surface area contributed by atoms with Crippen LogP contribution in [-0.2, 0) is 0 Å². The Balaban J connectivity index is 1.83. The molecule has 0 spiro atoms. The van der Waals surface area contributed by atoms with E-state index in [-0.39, 0.29) is 5.91 Å². The van der Waals surface area contributed by atoms with Crippen LogP contribution in [0, 0.1) is 13.8 Å². The number of halogens is 1. The molecule has 0 saturated heterocycles. The maximum atomic E-state index is 12.2. The lowest BCUT2D eigenvalue weighted by Crippen LogP contribution is -2.11. The summed E-state index contributed by atoms with van der Waals surface area (Å²) in [6.07, 6.45) is 0. The van der Waals surface area contributed by atoms with Gasteiger partial charge in [0.2, 0.25) is 0 Å². The van der Waals surface area contributed by atoms with Gasteiger partial charge in [0.05, 0.1) is 10.6 Å². The number of nitrogens with zero attached hydrogens (tertiary/aromatic N) is 2. The summed E-state index contributed by atoms with van der Waals surface area (Å²) in [6, 6.07) is 11.1. The van der Waals surface area contributed by atoms with Gasteiger partial charge in [0, 0.05) is 16.8 Å². The average Bonchev–Trinajstić information content (AvgIpc) is 3.06. The van der Waals surface area contributed by atoms with Crippen LogP contribution in [0.2, 0.25) is 5.02 Å². The molecule has 2 heterocycles. The van der Waals surface area contributed by atoms with Crippen molar-refractivity contribution in [1.29, 1.82) is 0 Å². The molecule has 3 rings (SSSR count). The summed E-state index contributed by atoms with van der Waals surface area (Å²) in [4.78, 5) is 12.8. The zero-order valence-corrected chi connectivity index (χ0v) is 13.7. The van der Waals surface area contributed by atoms with Gasteiger partial charge in [0.1, 0.15) is 0 Å². The molecular formula is C16H14ClN3OS. The van der Waals surface area contributed by atoms with Gasteiger partial charge in [-0.2, -0.15) is 0 Å². The lowest BCUT2D eigenvalue weighted by molar-refractivity contribution is 0.103. The van der Waals surface area contributed by atoms with Gasteiger partial charge in [-0.3, -0.25) is 4.79 Å². The number of carbonyl (C=O) groups is 1. The van der Waals surface area contributed by atoms with E-state index in [4.69, 9.17) is 11.6 Å². The molecule has 0 aliphatic heterocycles. The van der Waals surface area contributed by atoms with Crippen molar-refractivity contribution in [3.63, 3.8) is 0 Å². The SMILES string of the molecule is Cc1csc(C(=O)Nc2cc(C)n(-c3ccc(Cl)cc3)n2)c1. The molecule has 1 aromatic carbocycles. The molecule has 0 bridgehead atoms. The first-order valence-electron chi connectivity index (χ1n) is 6.72. The van der Waals surface area contributed by atoms with Gasteiger partial charge in [0.15, 0.2) is 5.82 Å². The summed E-state index contributed by atoms with van der Waals surface area (Å²) in [7, 11) is 0. The molecule has 6 heteroatoms. The van der Waals surface area contributed by atoms with Gasteiger partial charge in [-0.25, -0.2) is 4.68 Å². The second-order valence-electron chi connectivity index (χ2n) is 5.00. The number of anilines is 1. The Morgan fingerprint density at radius 3 is 2.59 bits per heavy atom. The molecule has 0 atom stereocenters. The minimum Gasteiger partial charge on any atom is -0.304 e. The van der Waals surface area contributed by atoms with Crippen molar-refractivity contribution < 1.29 is 4.79 Å². The van der Waals surface area contributed by atoms with E-state index in [1.54, 1.807) is 4.68 Å². The van der Waals surface area contributed by atoms with E-state index >= 15 is 0 Å². The minimum absolute atomic E-state index is 0.140. The molecule has 4 nitrogen and oxygen atoms in total. The lowest BCUT2D eigenvalue weighted by atomic mass is 10.3. The number of aryl methyl sites for hydroxylation is 2. The molecule has 0 unspecified atom stereocenters. The number of carbonyl (C=O) groups excluding carboxylic acids is 1. The highest BCUT2D eigenvalue weighted by atomic mass is 35.5. The largest absolute Gasteiger partial charge is 0.304 e. The molecule has 0 aliphatic rings. The second-order valence-corrected chi connectivity index (χ2v) is 6.35. The van der Waals surface area contributed by atoms with Crippen molar-refractivity contribution in [2.45, 2.75) is 13.8 Å². The van der Waals surface area contributed by atoms with Crippen molar-refractivity contribution in [2.75, 3.05) is 5.32 Å².